The molecule has 1 saturated heterocycles. The second-order valence-electron chi connectivity index (χ2n) is 3.94. The van der Waals surface area contributed by atoms with Crippen molar-refractivity contribution in [2.75, 3.05) is 13.8 Å². The third-order valence-electron chi connectivity index (χ3n) is 2.98. The molecule has 0 spiro atoms. The van der Waals surface area contributed by atoms with Gasteiger partial charge >= 0.3 is 0 Å². The minimum Gasteiger partial charge on any atom is -0.388 e. The molecule has 5 atom stereocenters. The van der Waals surface area contributed by atoms with E-state index in [4.69, 9.17) is 0 Å². The summed E-state index contributed by atoms with van der Waals surface area (Å²) in [5, 5.41) is 20.8. The van der Waals surface area contributed by atoms with Gasteiger partial charge in [0.25, 0.3) is 6.43 Å². The number of aliphatic hydroxyl groups excluding tert-OH is 2. The first-order chi connectivity index (χ1) is 8.36. The molecular weight excluding hydrogens is 260 g/mol. The van der Waals surface area contributed by atoms with Crippen LogP contribution in [0.15, 0.2) is 0 Å². The number of likely N-dealkylation sites (tertiary alicyclic amines) is 1. The molecule has 0 aromatic heterocycles. The van der Waals surface area contributed by atoms with Crippen molar-refractivity contribution in [3.63, 3.8) is 0 Å². The summed E-state index contributed by atoms with van der Waals surface area (Å²) in [6.45, 7) is -1.52. The molecule has 1 aliphatic heterocycles. The molecule has 0 aromatic rings. The van der Waals surface area contributed by atoms with Crippen LogP contribution < -0.4 is 5.32 Å². The number of carbonyl (C=O) groups is 1. The average molecular weight is 274 g/mol. The summed E-state index contributed by atoms with van der Waals surface area (Å²) in [6.07, 6.45) is -10.1. The van der Waals surface area contributed by atoms with Crippen molar-refractivity contribution in [3.8, 4) is 0 Å². The van der Waals surface area contributed by atoms with E-state index in [2.05, 4.69) is 0 Å². The van der Waals surface area contributed by atoms with Crippen LogP contribution in [0.3, 0.4) is 0 Å². The highest BCUT2D eigenvalue weighted by molar-refractivity contribution is 5.82. The van der Waals surface area contributed by atoms with Gasteiger partial charge in [0.15, 0.2) is 6.17 Å². The highest BCUT2D eigenvalue weighted by Crippen LogP contribution is 2.30. The molecule has 1 aliphatic rings. The predicted molar refractivity (Wildman–Crippen MR) is 52.4 cm³/mol. The second kappa shape index (κ2) is 5.81. The zero-order valence-corrected chi connectivity index (χ0v) is 9.43. The number of aliphatic hydroxyl groups is 2. The molecule has 1 amide bonds. The van der Waals surface area contributed by atoms with Gasteiger partial charge in [0.1, 0.15) is 31.1 Å². The maximum atomic E-state index is 13.5. The topological polar surface area (TPSA) is 72.8 Å². The molecule has 1 heterocycles. The summed E-state index contributed by atoms with van der Waals surface area (Å²) in [4.78, 5) is 11.7. The average Bonchev–Trinajstić information content (AvgIpc) is 2.33. The van der Waals surface area contributed by atoms with Crippen molar-refractivity contribution in [2.45, 2.75) is 36.9 Å². The number of carbonyl (C=O) groups excluding carboxylic acids is 1. The number of likely N-dealkylation sites (N-methyl/N-ethyl adjacent to an activating group) is 1. The Morgan fingerprint density at radius 1 is 1.39 bits per heavy atom. The molecule has 1 rings (SSSR count). The third kappa shape index (κ3) is 2.43. The van der Waals surface area contributed by atoms with Crippen LogP contribution in [0, 0.1) is 0 Å². The smallest absolute Gasteiger partial charge is 0.256 e. The van der Waals surface area contributed by atoms with Gasteiger partial charge in [-0.15, -0.1) is 0 Å². The Morgan fingerprint density at radius 3 is 2.33 bits per heavy atom. The molecule has 3 N–H and O–H groups in total. The fourth-order valence-corrected chi connectivity index (χ4v) is 2.04. The number of halogens is 4. The zero-order chi connectivity index (χ0) is 14.0. The summed E-state index contributed by atoms with van der Waals surface area (Å²) in [7, 11) is 1.14. The maximum Gasteiger partial charge on any atom is 0.256 e. The van der Waals surface area contributed by atoms with E-state index in [0.29, 0.717) is 0 Å². The Balaban J connectivity index is 3.11. The van der Waals surface area contributed by atoms with Crippen LogP contribution in [0.1, 0.15) is 0 Å². The van der Waals surface area contributed by atoms with Crippen LogP contribution in [0.2, 0.25) is 0 Å². The maximum absolute atomic E-state index is 13.5. The number of piperidine rings is 1. The summed E-state index contributed by atoms with van der Waals surface area (Å²) in [5.74, 6) is -1.000. The van der Waals surface area contributed by atoms with Gasteiger partial charge in [-0.25, -0.2) is 17.6 Å². The lowest BCUT2D eigenvalue weighted by atomic mass is 9.89. The third-order valence-corrected chi connectivity index (χ3v) is 2.98. The van der Waals surface area contributed by atoms with Crippen molar-refractivity contribution < 1.29 is 32.6 Å². The molecule has 0 radical (unpaired) electrons. The van der Waals surface area contributed by atoms with E-state index in [1.807, 2.05) is 5.32 Å². The van der Waals surface area contributed by atoms with Crippen LogP contribution in [0.5, 0.6) is 0 Å². The Kier molecular flexibility index (Phi) is 4.88. The second-order valence-corrected chi connectivity index (χ2v) is 3.94. The number of amides is 1. The zero-order valence-electron chi connectivity index (χ0n) is 9.43. The van der Waals surface area contributed by atoms with E-state index in [1.54, 1.807) is 0 Å². The number of hydrogen-bond donors (Lipinski definition) is 3. The number of alkyl halides is 4. The summed E-state index contributed by atoms with van der Waals surface area (Å²) in [5.41, 5.74) is 0. The molecule has 0 aliphatic carbocycles. The molecule has 18 heavy (non-hydrogen) atoms. The Bertz CT molecular complexity index is 308. The van der Waals surface area contributed by atoms with E-state index in [-0.39, 0.29) is 4.90 Å². The van der Waals surface area contributed by atoms with Crippen LogP contribution in [-0.4, -0.2) is 71.8 Å². The first kappa shape index (κ1) is 15.1. The van der Waals surface area contributed by atoms with Crippen LogP contribution >= 0.6 is 0 Å². The van der Waals surface area contributed by atoms with Crippen LogP contribution in [-0.2, 0) is 4.79 Å². The van der Waals surface area contributed by atoms with Crippen molar-refractivity contribution in [3.05, 3.63) is 0 Å². The molecule has 1 fully saturated rings. The lowest BCUT2D eigenvalue weighted by Crippen LogP contribution is -2.70. The number of nitrogens with zero attached hydrogens (tertiary/aromatic N) is 1. The number of nitrogens with one attached hydrogen (secondary N) is 1. The van der Waals surface area contributed by atoms with Gasteiger partial charge in [-0.2, -0.15) is 0 Å². The number of rotatable bonds is 3. The van der Waals surface area contributed by atoms with E-state index in [9.17, 15) is 32.6 Å². The highest BCUT2D eigenvalue weighted by atomic mass is 19.3. The van der Waals surface area contributed by atoms with Gasteiger partial charge in [-0.05, 0) is 0 Å². The molecule has 0 saturated carbocycles. The van der Waals surface area contributed by atoms with E-state index < -0.39 is 49.6 Å². The van der Waals surface area contributed by atoms with Gasteiger partial charge in [0.05, 0.1) is 0 Å². The van der Waals surface area contributed by atoms with Gasteiger partial charge in [-0.1, -0.05) is 0 Å². The van der Waals surface area contributed by atoms with Crippen molar-refractivity contribution in [1.29, 1.82) is 0 Å². The normalized spacial score (nSPS) is 37.9. The van der Waals surface area contributed by atoms with E-state index in [1.165, 1.54) is 0 Å². The largest absolute Gasteiger partial charge is 0.388 e. The quantitative estimate of drug-likeness (QED) is 0.458. The van der Waals surface area contributed by atoms with Gasteiger partial charge in [0, 0.05) is 7.05 Å². The van der Waals surface area contributed by atoms with Gasteiger partial charge in [0.2, 0.25) is 5.91 Å². The van der Waals surface area contributed by atoms with Crippen LogP contribution in [0.4, 0.5) is 17.6 Å². The van der Waals surface area contributed by atoms with E-state index >= 15 is 0 Å². The van der Waals surface area contributed by atoms with Crippen molar-refractivity contribution in [2.24, 2.45) is 0 Å². The Morgan fingerprint density at radius 2 is 1.94 bits per heavy atom. The van der Waals surface area contributed by atoms with Crippen molar-refractivity contribution >= 4 is 5.91 Å². The monoisotopic (exact) mass is 274 g/mol. The molecule has 5 nitrogen and oxygen atoms in total. The molecular formula is C9H14F4N2O3. The fraction of sp³-hybridized carbons (Fsp3) is 0.889. The SMILES string of the molecule is CNC(=O)[C@@H]1[C@@H](O)[C@@H](F)[C@H](O)[C@@H](C(F)F)N1CF. The summed E-state index contributed by atoms with van der Waals surface area (Å²) < 4.78 is 51.7. The lowest BCUT2D eigenvalue weighted by molar-refractivity contribution is -0.183. The lowest BCUT2D eigenvalue weighted by Gasteiger charge is -2.45. The Hall–Kier alpha value is -0.930. The molecule has 106 valence electrons. The van der Waals surface area contributed by atoms with E-state index in [0.717, 1.165) is 7.05 Å². The van der Waals surface area contributed by atoms with Crippen molar-refractivity contribution in [1.82, 2.24) is 10.2 Å². The predicted octanol–water partition coefficient (Wildman–Crippen LogP) is -0.963. The van der Waals surface area contributed by atoms with Crippen LogP contribution in [0.25, 0.3) is 0 Å². The number of hydrogen-bond acceptors (Lipinski definition) is 4. The molecule has 0 aromatic carbocycles. The minimum absolute atomic E-state index is 0.259. The molecule has 9 heteroatoms. The Labute approximate surface area is 100 Å². The van der Waals surface area contributed by atoms with Gasteiger partial charge < -0.3 is 15.5 Å². The summed E-state index contributed by atoms with van der Waals surface area (Å²) in [6, 6.07) is -3.99. The van der Waals surface area contributed by atoms with Gasteiger partial charge in [-0.3, -0.25) is 9.69 Å². The summed E-state index contributed by atoms with van der Waals surface area (Å²) >= 11 is 0. The molecule has 0 bridgehead atoms. The minimum atomic E-state index is -3.26. The first-order valence-electron chi connectivity index (χ1n) is 5.18. The highest BCUT2D eigenvalue weighted by Gasteiger charge is 2.54. The molecule has 0 unspecified atom stereocenters. The first-order valence-corrected chi connectivity index (χ1v) is 5.18. The fourth-order valence-electron chi connectivity index (χ4n) is 2.04. The standard InChI is InChI=1S/C9H14F4N2O3/c1-14-9(18)5-7(17)3(11)6(16)4(8(12)13)15(5)2-10/h3-8,16-17H,2H2,1H3,(H,14,18)/t3-,4-,5-,6-,7-/m0/s1.